The molecule has 0 bridgehead atoms. The van der Waals surface area contributed by atoms with Crippen molar-refractivity contribution < 1.29 is 14.3 Å². The molecule has 0 spiro atoms. The average Bonchev–Trinajstić information content (AvgIpc) is 3.28. The van der Waals surface area contributed by atoms with E-state index in [9.17, 15) is 9.59 Å². The molecular formula is C20H30N2O3. The van der Waals surface area contributed by atoms with Gasteiger partial charge in [0, 0.05) is 32.6 Å². The van der Waals surface area contributed by atoms with Gasteiger partial charge in [-0.1, -0.05) is 24.3 Å². The topological polar surface area (TPSA) is 67.4 Å². The minimum Gasteiger partial charge on any atom is -0.381 e. The molecular weight excluding hydrogens is 316 g/mol. The average molecular weight is 346 g/mol. The molecule has 0 aromatic carbocycles. The first-order chi connectivity index (χ1) is 12.2. The molecule has 5 heteroatoms. The summed E-state index contributed by atoms with van der Waals surface area (Å²) in [6, 6.07) is 0. The molecule has 2 atom stereocenters. The Morgan fingerprint density at radius 3 is 2.12 bits per heavy atom. The van der Waals surface area contributed by atoms with Crippen molar-refractivity contribution in [3.63, 3.8) is 0 Å². The Balaban J connectivity index is 1.50. The van der Waals surface area contributed by atoms with Gasteiger partial charge in [-0.25, -0.2) is 0 Å². The van der Waals surface area contributed by atoms with E-state index in [-0.39, 0.29) is 17.4 Å². The summed E-state index contributed by atoms with van der Waals surface area (Å²) in [6.45, 7) is 1.76. The third-order valence-electron chi connectivity index (χ3n) is 5.60. The van der Waals surface area contributed by atoms with Crippen LogP contribution in [0, 0.1) is 11.8 Å². The highest BCUT2D eigenvalue weighted by Crippen LogP contribution is 2.24. The predicted molar refractivity (Wildman–Crippen MR) is 96.9 cm³/mol. The Bertz CT molecular complexity index is 535. The van der Waals surface area contributed by atoms with E-state index in [1.54, 1.807) is 0 Å². The fraction of sp³-hybridized carbons (Fsp3) is 0.700. The van der Waals surface area contributed by atoms with E-state index < -0.39 is 0 Å². The summed E-state index contributed by atoms with van der Waals surface area (Å²) in [5.74, 6) is 0.900. The first-order valence-corrected chi connectivity index (χ1v) is 9.64. The molecule has 1 heterocycles. The molecule has 2 N–H and O–H groups in total. The maximum absolute atomic E-state index is 12.5. The summed E-state index contributed by atoms with van der Waals surface area (Å²) in [6.07, 6.45) is 15.5. The van der Waals surface area contributed by atoms with Gasteiger partial charge in [0.2, 0.25) is 11.8 Å². The molecule has 5 nitrogen and oxygen atoms in total. The number of rotatable bonds is 7. The Kier molecular flexibility index (Phi) is 6.29. The molecule has 0 aromatic rings. The molecule has 2 amide bonds. The third kappa shape index (κ3) is 5.43. The van der Waals surface area contributed by atoms with Crippen LogP contribution in [-0.4, -0.2) is 37.1 Å². The van der Waals surface area contributed by atoms with Crippen LogP contribution in [0.2, 0.25) is 0 Å². The summed E-state index contributed by atoms with van der Waals surface area (Å²) in [5.41, 5.74) is -0.362. The molecule has 0 aromatic heterocycles. The second-order valence-electron chi connectivity index (χ2n) is 7.66. The number of allylic oxidation sites excluding steroid dienone is 4. The first-order valence-electron chi connectivity index (χ1n) is 9.64. The van der Waals surface area contributed by atoms with Crippen LogP contribution in [0.5, 0.6) is 0 Å². The summed E-state index contributed by atoms with van der Waals surface area (Å²) < 4.78 is 5.47. The van der Waals surface area contributed by atoms with E-state index in [2.05, 4.69) is 34.9 Å². The van der Waals surface area contributed by atoms with Crippen LogP contribution in [0.25, 0.3) is 0 Å². The number of ether oxygens (including phenoxy) is 1. The fourth-order valence-corrected chi connectivity index (χ4v) is 4.00. The monoisotopic (exact) mass is 346 g/mol. The lowest BCUT2D eigenvalue weighted by Gasteiger charge is -2.38. The Hall–Kier alpha value is -1.62. The second kappa shape index (κ2) is 8.65. The van der Waals surface area contributed by atoms with Crippen LogP contribution < -0.4 is 10.6 Å². The number of hydrogen-bond donors (Lipinski definition) is 2. The van der Waals surface area contributed by atoms with Crippen LogP contribution in [0.1, 0.15) is 51.4 Å². The van der Waals surface area contributed by atoms with Crippen molar-refractivity contribution >= 4 is 11.8 Å². The van der Waals surface area contributed by atoms with Crippen molar-refractivity contribution in [1.82, 2.24) is 10.6 Å². The molecule has 0 radical (unpaired) electrons. The van der Waals surface area contributed by atoms with Gasteiger partial charge in [0.15, 0.2) is 0 Å². The van der Waals surface area contributed by atoms with E-state index in [4.69, 9.17) is 4.74 Å². The van der Waals surface area contributed by atoms with Gasteiger partial charge < -0.3 is 15.4 Å². The summed E-state index contributed by atoms with van der Waals surface area (Å²) in [7, 11) is 0. The first kappa shape index (κ1) is 18.2. The number of hydrogen-bond acceptors (Lipinski definition) is 3. The van der Waals surface area contributed by atoms with E-state index in [0.717, 1.165) is 38.5 Å². The van der Waals surface area contributed by atoms with E-state index >= 15 is 0 Å². The molecule has 2 aliphatic carbocycles. The van der Waals surface area contributed by atoms with Crippen LogP contribution in [0.15, 0.2) is 24.3 Å². The Labute approximate surface area is 150 Å². The highest BCUT2D eigenvalue weighted by molar-refractivity contribution is 5.78. The van der Waals surface area contributed by atoms with Gasteiger partial charge in [0.05, 0.1) is 5.54 Å². The molecule has 0 unspecified atom stereocenters. The zero-order valence-electron chi connectivity index (χ0n) is 15.0. The lowest BCUT2D eigenvalue weighted by molar-refractivity contribution is -0.127. The van der Waals surface area contributed by atoms with Gasteiger partial charge in [-0.05, 0) is 50.4 Å². The summed E-state index contributed by atoms with van der Waals surface area (Å²) in [5, 5.41) is 6.29. The number of amides is 2. The predicted octanol–water partition coefficient (Wildman–Crippen LogP) is 2.48. The van der Waals surface area contributed by atoms with E-state index in [1.807, 2.05) is 0 Å². The van der Waals surface area contributed by atoms with Gasteiger partial charge in [-0.2, -0.15) is 0 Å². The number of carbonyl (C=O) groups is 2. The maximum Gasteiger partial charge on any atom is 0.221 e. The maximum atomic E-state index is 12.5. The Morgan fingerprint density at radius 2 is 1.56 bits per heavy atom. The van der Waals surface area contributed by atoms with Crippen molar-refractivity contribution in [1.29, 1.82) is 0 Å². The molecule has 3 rings (SSSR count). The normalized spacial score (nSPS) is 27.4. The lowest BCUT2D eigenvalue weighted by Crippen LogP contribution is -2.58. The smallest absolute Gasteiger partial charge is 0.221 e. The SMILES string of the molecule is O=C(C[C@H]1C=CCC1)NCC1(NC(=O)C[C@H]2C=CCC2)CCOCC1. The van der Waals surface area contributed by atoms with Gasteiger partial charge in [-0.15, -0.1) is 0 Å². The van der Waals surface area contributed by atoms with E-state index in [0.29, 0.717) is 44.4 Å². The van der Waals surface area contributed by atoms with Crippen molar-refractivity contribution in [3.05, 3.63) is 24.3 Å². The number of nitrogens with one attached hydrogen (secondary N) is 2. The molecule has 25 heavy (non-hydrogen) atoms. The zero-order chi connectivity index (χ0) is 17.5. The standard InChI is InChI=1S/C20H30N2O3/c23-18(13-16-5-1-2-6-16)21-15-20(9-11-25-12-10-20)22-19(24)14-17-7-3-4-8-17/h1,3,5,7,16-17H,2,4,6,8-15H2,(H,21,23)(H,22,24)/t16-,17-/m0/s1. The van der Waals surface area contributed by atoms with Gasteiger partial charge in [0.25, 0.3) is 0 Å². The second-order valence-corrected chi connectivity index (χ2v) is 7.66. The number of carbonyl (C=O) groups excluding carboxylic acids is 2. The van der Waals surface area contributed by atoms with Crippen molar-refractivity contribution in [3.8, 4) is 0 Å². The van der Waals surface area contributed by atoms with Crippen LogP contribution >= 0.6 is 0 Å². The minimum atomic E-state index is -0.362. The molecule has 1 aliphatic heterocycles. The van der Waals surface area contributed by atoms with Gasteiger partial charge in [0.1, 0.15) is 0 Å². The third-order valence-corrected chi connectivity index (χ3v) is 5.60. The highest BCUT2D eigenvalue weighted by Gasteiger charge is 2.35. The summed E-state index contributed by atoms with van der Waals surface area (Å²) >= 11 is 0. The molecule has 3 aliphatic rings. The van der Waals surface area contributed by atoms with Crippen LogP contribution in [0.3, 0.4) is 0 Å². The highest BCUT2D eigenvalue weighted by atomic mass is 16.5. The zero-order valence-corrected chi connectivity index (χ0v) is 15.0. The molecule has 1 fully saturated rings. The molecule has 1 saturated heterocycles. The van der Waals surface area contributed by atoms with Crippen LogP contribution in [0.4, 0.5) is 0 Å². The largest absolute Gasteiger partial charge is 0.381 e. The molecule has 0 saturated carbocycles. The van der Waals surface area contributed by atoms with Crippen molar-refractivity contribution in [2.45, 2.75) is 56.9 Å². The van der Waals surface area contributed by atoms with Crippen molar-refractivity contribution in [2.24, 2.45) is 11.8 Å². The van der Waals surface area contributed by atoms with Crippen LogP contribution in [-0.2, 0) is 14.3 Å². The Morgan fingerprint density at radius 1 is 0.960 bits per heavy atom. The minimum absolute atomic E-state index is 0.0791. The van der Waals surface area contributed by atoms with Gasteiger partial charge >= 0.3 is 0 Å². The lowest BCUT2D eigenvalue weighted by atomic mass is 9.89. The van der Waals surface area contributed by atoms with Gasteiger partial charge in [-0.3, -0.25) is 9.59 Å². The fourth-order valence-electron chi connectivity index (χ4n) is 4.00. The quantitative estimate of drug-likeness (QED) is 0.696. The van der Waals surface area contributed by atoms with E-state index in [1.165, 1.54) is 0 Å². The summed E-state index contributed by atoms with van der Waals surface area (Å²) in [4.78, 5) is 24.7. The van der Waals surface area contributed by atoms with Crippen molar-refractivity contribution in [2.75, 3.05) is 19.8 Å². The molecule has 138 valence electrons.